The SMILES string of the molecule is CC(C)(CCC(Cc1ccc(Cl)cc1)C(=O)O)C(=O)O. The molecule has 110 valence electrons. The lowest BCUT2D eigenvalue weighted by Crippen LogP contribution is -2.26. The molecule has 1 unspecified atom stereocenters. The Kier molecular flexibility index (Phi) is 5.57. The third kappa shape index (κ3) is 4.85. The highest BCUT2D eigenvalue weighted by atomic mass is 35.5. The third-order valence-corrected chi connectivity index (χ3v) is 3.69. The van der Waals surface area contributed by atoms with Gasteiger partial charge in [-0.1, -0.05) is 23.7 Å². The molecule has 0 spiro atoms. The van der Waals surface area contributed by atoms with Crippen LogP contribution in [0.25, 0.3) is 0 Å². The van der Waals surface area contributed by atoms with E-state index in [1.807, 2.05) is 0 Å². The van der Waals surface area contributed by atoms with E-state index in [0.717, 1.165) is 5.56 Å². The van der Waals surface area contributed by atoms with E-state index < -0.39 is 23.3 Å². The summed E-state index contributed by atoms with van der Waals surface area (Å²) in [6.45, 7) is 3.22. The summed E-state index contributed by atoms with van der Waals surface area (Å²) in [6.07, 6.45) is 1.03. The van der Waals surface area contributed by atoms with Crippen LogP contribution in [0.5, 0.6) is 0 Å². The predicted octanol–water partition coefficient (Wildman–Crippen LogP) is 3.47. The summed E-state index contributed by atoms with van der Waals surface area (Å²) >= 11 is 5.79. The van der Waals surface area contributed by atoms with Gasteiger partial charge in [0.05, 0.1) is 11.3 Å². The first kappa shape index (κ1) is 16.5. The van der Waals surface area contributed by atoms with Gasteiger partial charge < -0.3 is 10.2 Å². The van der Waals surface area contributed by atoms with Gasteiger partial charge in [-0.25, -0.2) is 0 Å². The molecule has 0 radical (unpaired) electrons. The van der Waals surface area contributed by atoms with Crippen LogP contribution in [0.3, 0.4) is 0 Å². The van der Waals surface area contributed by atoms with Crippen molar-refractivity contribution < 1.29 is 19.8 Å². The number of carboxylic acid groups (broad SMARTS) is 2. The van der Waals surface area contributed by atoms with Gasteiger partial charge in [-0.2, -0.15) is 0 Å². The van der Waals surface area contributed by atoms with Crippen LogP contribution in [-0.2, 0) is 16.0 Å². The topological polar surface area (TPSA) is 74.6 Å². The maximum absolute atomic E-state index is 11.3. The van der Waals surface area contributed by atoms with Crippen molar-refractivity contribution in [2.24, 2.45) is 11.3 Å². The van der Waals surface area contributed by atoms with Crippen molar-refractivity contribution in [1.29, 1.82) is 0 Å². The molecule has 0 amide bonds. The Morgan fingerprint density at radius 2 is 1.75 bits per heavy atom. The highest BCUT2D eigenvalue weighted by molar-refractivity contribution is 6.30. The van der Waals surface area contributed by atoms with Crippen LogP contribution < -0.4 is 0 Å². The fraction of sp³-hybridized carbons (Fsp3) is 0.467. The maximum Gasteiger partial charge on any atom is 0.309 e. The molecule has 0 saturated heterocycles. The highest BCUT2D eigenvalue weighted by Gasteiger charge is 2.29. The largest absolute Gasteiger partial charge is 0.481 e. The normalized spacial score (nSPS) is 12.9. The first-order chi connectivity index (χ1) is 9.22. The summed E-state index contributed by atoms with van der Waals surface area (Å²) in [5.74, 6) is -2.40. The summed E-state index contributed by atoms with van der Waals surface area (Å²) in [4.78, 5) is 22.3. The van der Waals surface area contributed by atoms with Crippen molar-refractivity contribution >= 4 is 23.5 Å². The van der Waals surface area contributed by atoms with E-state index in [2.05, 4.69) is 0 Å². The Balaban J connectivity index is 2.68. The molecule has 0 aliphatic rings. The van der Waals surface area contributed by atoms with Gasteiger partial charge in [-0.3, -0.25) is 9.59 Å². The maximum atomic E-state index is 11.3. The summed E-state index contributed by atoms with van der Waals surface area (Å²) in [6, 6.07) is 7.02. The molecule has 0 saturated carbocycles. The van der Waals surface area contributed by atoms with Crippen LogP contribution in [0.4, 0.5) is 0 Å². The average molecular weight is 299 g/mol. The molecular weight excluding hydrogens is 280 g/mol. The van der Waals surface area contributed by atoms with Gasteiger partial charge in [0.25, 0.3) is 0 Å². The Morgan fingerprint density at radius 1 is 1.20 bits per heavy atom. The van der Waals surface area contributed by atoms with E-state index in [0.29, 0.717) is 24.3 Å². The van der Waals surface area contributed by atoms with Crippen molar-refractivity contribution in [2.75, 3.05) is 0 Å². The van der Waals surface area contributed by atoms with Crippen LogP contribution in [-0.4, -0.2) is 22.2 Å². The number of hydrogen-bond acceptors (Lipinski definition) is 2. The lowest BCUT2D eigenvalue weighted by molar-refractivity contribution is -0.149. The number of aliphatic carboxylic acids is 2. The molecule has 1 rings (SSSR count). The minimum Gasteiger partial charge on any atom is -0.481 e. The van der Waals surface area contributed by atoms with E-state index in [4.69, 9.17) is 16.7 Å². The Labute approximate surface area is 123 Å². The molecule has 2 N–H and O–H groups in total. The van der Waals surface area contributed by atoms with E-state index in [9.17, 15) is 14.7 Å². The number of rotatable bonds is 7. The van der Waals surface area contributed by atoms with Crippen molar-refractivity contribution in [3.8, 4) is 0 Å². The van der Waals surface area contributed by atoms with Crippen molar-refractivity contribution in [3.05, 3.63) is 34.9 Å². The second-order valence-corrected chi connectivity index (χ2v) is 6.03. The first-order valence-electron chi connectivity index (χ1n) is 6.43. The highest BCUT2D eigenvalue weighted by Crippen LogP contribution is 2.27. The predicted molar refractivity (Wildman–Crippen MR) is 76.9 cm³/mol. The van der Waals surface area contributed by atoms with Crippen molar-refractivity contribution in [2.45, 2.75) is 33.1 Å². The summed E-state index contributed by atoms with van der Waals surface area (Å²) in [5, 5.41) is 18.9. The lowest BCUT2D eigenvalue weighted by atomic mass is 9.83. The van der Waals surface area contributed by atoms with Crippen LogP contribution in [0, 0.1) is 11.3 Å². The second-order valence-electron chi connectivity index (χ2n) is 5.59. The standard InChI is InChI=1S/C15H19ClO4/c1-15(2,14(19)20)8-7-11(13(17)18)9-10-3-5-12(16)6-4-10/h3-6,11H,7-9H2,1-2H3,(H,17,18)(H,19,20). The van der Waals surface area contributed by atoms with Gasteiger partial charge in [0.2, 0.25) is 0 Å². The fourth-order valence-electron chi connectivity index (χ4n) is 1.86. The molecule has 0 bridgehead atoms. The van der Waals surface area contributed by atoms with Gasteiger partial charge in [-0.05, 0) is 50.8 Å². The quantitative estimate of drug-likeness (QED) is 0.808. The molecule has 4 nitrogen and oxygen atoms in total. The minimum atomic E-state index is -0.909. The van der Waals surface area contributed by atoms with E-state index >= 15 is 0 Å². The van der Waals surface area contributed by atoms with Gasteiger partial charge in [0.1, 0.15) is 0 Å². The first-order valence-corrected chi connectivity index (χ1v) is 6.81. The summed E-state index contributed by atoms with van der Waals surface area (Å²) in [7, 11) is 0. The third-order valence-electron chi connectivity index (χ3n) is 3.44. The second kappa shape index (κ2) is 6.75. The van der Waals surface area contributed by atoms with E-state index in [1.165, 1.54) is 0 Å². The van der Waals surface area contributed by atoms with Crippen LogP contribution in [0.2, 0.25) is 5.02 Å². The zero-order valence-electron chi connectivity index (χ0n) is 11.6. The zero-order chi connectivity index (χ0) is 15.3. The molecule has 1 aromatic carbocycles. The molecule has 0 fully saturated rings. The Bertz CT molecular complexity index is 479. The van der Waals surface area contributed by atoms with Crippen molar-refractivity contribution in [3.63, 3.8) is 0 Å². The molecule has 5 heteroatoms. The van der Waals surface area contributed by atoms with Gasteiger partial charge >= 0.3 is 11.9 Å². The minimum absolute atomic E-state index is 0.326. The Morgan fingerprint density at radius 3 is 2.20 bits per heavy atom. The molecule has 0 aliphatic heterocycles. The van der Waals surface area contributed by atoms with E-state index in [-0.39, 0.29) is 0 Å². The molecule has 1 aromatic rings. The van der Waals surface area contributed by atoms with Gasteiger partial charge in [0.15, 0.2) is 0 Å². The van der Waals surface area contributed by atoms with Crippen LogP contribution in [0.1, 0.15) is 32.3 Å². The molecular formula is C15H19ClO4. The van der Waals surface area contributed by atoms with E-state index in [1.54, 1.807) is 38.1 Å². The Hall–Kier alpha value is -1.55. The summed E-state index contributed by atoms with van der Waals surface area (Å²) in [5.41, 5.74) is -0.0248. The van der Waals surface area contributed by atoms with Gasteiger partial charge in [0, 0.05) is 5.02 Å². The zero-order valence-corrected chi connectivity index (χ0v) is 12.4. The lowest BCUT2D eigenvalue weighted by Gasteiger charge is -2.21. The molecule has 0 aliphatic carbocycles. The molecule has 1 atom stereocenters. The fourth-order valence-corrected chi connectivity index (χ4v) is 1.99. The molecule has 20 heavy (non-hydrogen) atoms. The number of carboxylic acids is 2. The van der Waals surface area contributed by atoms with Gasteiger partial charge in [-0.15, -0.1) is 0 Å². The molecule has 0 heterocycles. The van der Waals surface area contributed by atoms with Crippen LogP contribution >= 0.6 is 11.6 Å². The van der Waals surface area contributed by atoms with Crippen LogP contribution in [0.15, 0.2) is 24.3 Å². The monoisotopic (exact) mass is 298 g/mol. The molecule has 0 aromatic heterocycles. The summed E-state index contributed by atoms with van der Waals surface area (Å²) < 4.78 is 0. The number of carbonyl (C=O) groups is 2. The van der Waals surface area contributed by atoms with Crippen molar-refractivity contribution in [1.82, 2.24) is 0 Å². The number of benzene rings is 1. The average Bonchev–Trinajstić information content (AvgIpc) is 2.36. The number of hydrogen-bond donors (Lipinski definition) is 2. The number of halogens is 1. The smallest absolute Gasteiger partial charge is 0.309 e.